The molecule has 3 N–H and O–H groups in total. The second-order valence-electron chi connectivity index (χ2n) is 16.8. The van der Waals surface area contributed by atoms with Crippen molar-refractivity contribution in [3.05, 3.63) is 100 Å². The number of nitrogens with one attached hydrogen (secondary N) is 2. The predicted molar refractivity (Wildman–Crippen MR) is 228 cm³/mol. The van der Waals surface area contributed by atoms with Gasteiger partial charge in [0, 0.05) is 63.3 Å². The van der Waals surface area contributed by atoms with E-state index in [-0.39, 0.29) is 36.5 Å². The Bertz CT molecular complexity index is 2790. The Morgan fingerprint density at radius 3 is 2.41 bits per heavy atom. The van der Waals surface area contributed by atoms with Gasteiger partial charge >= 0.3 is 5.69 Å². The first kappa shape index (κ1) is 41.8. The number of hydrogen-bond donors (Lipinski definition) is 3. The average Bonchev–Trinajstić information content (AvgIpc) is 3.83. The highest BCUT2D eigenvalue weighted by Gasteiger charge is 2.32. The molecule has 0 bridgehead atoms. The van der Waals surface area contributed by atoms with Crippen molar-refractivity contribution >= 4 is 45.3 Å². The number of piperazine rings is 1. The van der Waals surface area contributed by atoms with Gasteiger partial charge in [-0.3, -0.25) is 38.4 Å². The summed E-state index contributed by atoms with van der Waals surface area (Å²) in [5.41, 5.74) is 4.20. The molecule has 3 fully saturated rings. The van der Waals surface area contributed by atoms with Crippen molar-refractivity contribution in [3.63, 3.8) is 0 Å². The fourth-order valence-corrected chi connectivity index (χ4v) is 9.22. The number of fused-ring (bicyclic) bond motifs is 2. The first-order valence-corrected chi connectivity index (χ1v) is 21.4. The Balaban J connectivity index is 0.737. The van der Waals surface area contributed by atoms with Crippen molar-refractivity contribution in [2.24, 2.45) is 13.0 Å². The van der Waals surface area contributed by atoms with Crippen LogP contribution in [0.1, 0.15) is 73.0 Å². The van der Waals surface area contributed by atoms with Crippen LogP contribution in [0.2, 0.25) is 0 Å². The highest BCUT2D eigenvalue weighted by molar-refractivity contribution is 6.00. The smallest absolute Gasteiger partial charge is 0.329 e. The van der Waals surface area contributed by atoms with Crippen molar-refractivity contribution in [3.8, 4) is 17.1 Å². The third-order valence-electron chi connectivity index (χ3n) is 12.9. The molecule has 3 aliphatic rings. The van der Waals surface area contributed by atoms with E-state index in [1.807, 2.05) is 59.7 Å². The quantitative estimate of drug-likeness (QED) is 0.117. The molecule has 18 heteroatoms. The number of imidazole rings is 1. The second kappa shape index (κ2) is 17.3. The van der Waals surface area contributed by atoms with E-state index in [1.54, 1.807) is 11.6 Å². The Kier molecular flexibility index (Phi) is 11.5. The van der Waals surface area contributed by atoms with Crippen LogP contribution in [0.15, 0.2) is 65.8 Å². The number of anilines is 1. The van der Waals surface area contributed by atoms with Gasteiger partial charge in [0.15, 0.2) is 23.2 Å². The summed E-state index contributed by atoms with van der Waals surface area (Å²) in [4.78, 5) is 64.0. The molecule has 1 saturated carbocycles. The molecule has 15 nitrogen and oxygen atoms in total. The molecule has 3 aromatic heterocycles. The van der Waals surface area contributed by atoms with Crippen LogP contribution in [0.3, 0.4) is 0 Å². The zero-order valence-corrected chi connectivity index (χ0v) is 34.7. The molecule has 0 spiro atoms. The number of aryl methyl sites for hydroxylation is 2. The van der Waals surface area contributed by atoms with Gasteiger partial charge in [0.25, 0.3) is 5.91 Å². The van der Waals surface area contributed by atoms with Gasteiger partial charge in [0.05, 0.1) is 46.2 Å². The molecule has 63 heavy (non-hydrogen) atoms. The van der Waals surface area contributed by atoms with E-state index < -0.39 is 46.6 Å². The fraction of sp³-hybridized carbons (Fsp3) is 0.400. The SMILES string of the molecule is Cn1c(=O)n(C2CCC(=O)NC2=O)c2ccc(CCCN3CCN(c4cnc(-c5ccc6cn([C@H]7CC[C@H](CNC(=O)c8cc(F)c(O)c(F)c8F)CC7)nc6c5)nc4)CC3)cc21. The summed E-state index contributed by atoms with van der Waals surface area (Å²) in [7, 11) is 1.71. The molecule has 328 valence electrons. The molecule has 3 aromatic carbocycles. The molecule has 1 atom stereocenters. The minimum atomic E-state index is -1.79. The molecule has 3 amide bonds. The normalized spacial score (nSPS) is 19.8. The van der Waals surface area contributed by atoms with Gasteiger partial charge in [-0.2, -0.15) is 9.49 Å². The number of rotatable bonds is 11. The van der Waals surface area contributed by atoms with E-state index in [4.69, 9.17) is 15.1 Å². The maximum absolute atomic E-state index is 14.2. The van der Waals surface area contributed by atoms with Crippen LogP contribution in [-0.2, 0) is 23.1 Å². The van der Waals surface area contributed by atoms with Crippen LogP contribution >= 0.6 is 0 Å². The van der Waals surface area contributed by atoms with Crippen LogP contribution in [0.25, 0.3) is 33.3 Å². The van der Waals surface area contributed by atoms with Gasteiger partial charge in [-0.05, 0) is 87.2 Å². The number of carbonyl (C=O) groups excluding carboxylic acids is 3. The lowest BCUT2D eigenvalue weighted by molar-refractivity contribution is -0.135. The van der Waals surface area contributed by atoms with Gasteiger partial charge in [0.2, 0.25) is 17.6 Å². The number of phenolic OH excluding ortho intramolecular Hbond substituents is 1. The van der Waals surface area contributed by atoms with Gasteiger partial charge in [-0.1, -0.05) is 18.2 Å². The summed E-state index contributed by atoms with van der Waals surface area (Å²) < 4.78 is 46.7. The Hall–Kier alpha value is -6.56. The zero-order valence-electron chi connectivity index (χ0n) is 34.7. The van der Waals surface area contributed by atoms with Crippen molar-refractivity contribution in [2.45, 2.75) is 63.5 Å². The maximum Gasteiger partial charge on any atom is 0.329 e. The maximum atomic E-state index is 14.2. The number of hydrogen-bond acceptors (Lipinski definition) is 10. The summed E-state index contributed by atoms with van der Waals surface area (Å²) >= 11 is 0. The molecule has 6 aromatic rings. The third kappa shape index (κ3) is 8.38. The summed E-state index contributed by atoms with van der Waals surface area (Å²) in [6.45, 7) is 4.70. The van der Waals surface area contributed by atoms with E-state index in [2.05, 4.69) is 20.4 Å². The summed E-state index contributed by atoms with van der Waals surface area (Å²) in [6, 6.07) is 11.9. The second-order valence-corrected chi connectivity index (χ2v) is 16.8. The first-order chi connectivity index (χ1) is 30.4. The third-order valence-corrected chi connectivity index (χ3v) is 12.9. The van der Waals surface area contributed by atoms with Crippen LogP contribution in [-0.4, -0.2) is 95.9 Å². The minimum Gasteiger partial charge on any atom is -0.503 e. The summed E-state index contributed by atoms with van der Waals surface area (Å²) in [6.07, 6.45) is 11.3. The Labute approximate surface area is 359 Å². The summed E-state index contributed by atoms with van der Waals surface area (Å²) in [5.74, 6) is -7.19. The molecule has 1 aliphatic carbocycles. The number of aromatic nitrogens is 6. The number of piperidine rings is 1. The standard InChI is InChI=1S/C45H47F3N10O5/c1-54-37-19-26(6-11-35(37)58(45(54)63)36-12-13-38(59)52-44(36)62)3-2-14-55-15-17-56(18-16-55)31-23-49-42(50-24-31)28-7-8-29-25-57(53-34(29)20-28)30-9-4-27(5-10-30)22-51-43(61)32-21-33(46)41(60)40(48)39(32)47/h6-8,11,19-21,23-25,27,30,36,60H,2-5,9-10,12-18,22H2,1H3,(H,51,61)(H,52,59,62)/t27-,30-,36?. The van der Waals surface area contributed by atoms with Gasteiger partial charge in [-0.25, -0.2) is 23.5 Å². The van der Waals surface area contributed by atoms with Crippen LogP contribution in [0.4, 0.5) is 18.9 Å². The number of halogens is 3. The lowest BCUT2D eigenvalue weighted by Crippen LogP contribution is -2.46. The van der Waals surface area contributed by atoms with E-state index in [1.165, 1.54) is 4.57 Å². The molecular formula is C45H47F3N10O5. The molecule has 5 heterocycles. The van der Waals surface area contributed by atoms with Crippen LogP contribution in [0.5, 0.6) is 5.75 Å². The largest absolute Gasteiger partial charge is 0.503 e. The minimum absolute atomic E-state index is 0.107. The first-order valence-electron chi connectivity index (χ1n) is 21.4. The molecule has 1 unspecified atom stereocenters. The van der Waals surface area contributed by atoms with Gasteiger partial charge in [0.1, 0.15) is 6.04 Å². The number of aromatic hydroxyl groups is 1. The number of phenols is 1. The van der Waals surface area contributed by atoms with Crippen molar-refractivity contribution in [1.29, 1.82) is 0 Å². The Morgan fingerprint density at radius 2 is 1.67 bits per heavy atom. The van der Waals surface area contributed by atoms with Crippen molar-refractivity contribution in [1.82, 2.24) is 44.4 Å². The number of amides is 3. The van der Waals surface area contributed by atoms with Gasteiger partial charge in [-0.15, -0.1) is 0 Å². The lowest BCUT2D eigenvalue weighted by Gasteiger charge is -2.35. The lowest BCUT2D eigenvalue weighted by atomic mass is 9.86. The van der Waals surface area contributed by atoms with E-state index in [0.717, 1.165) is 104 Å². The van der Waals surface area contributed by atoms with Crippen molar-refractivity contribution in [2.75, 3.05) is 44.2 Å². The van der Waals surface area contributed by atoms with Gasteiger partial charge < -0.3 is 15.3 Å². The van der Waals surface area contributed by atoms with Crippen LogP contribution in [0, 0.1) is 23.4 Å². The fourth-order valence-electron chi connectivity index (χ4n) is 9.22. The van der Waals surface area contributed by atoms with E-state index in [0.29, 0.717) is 23.8 Å². The molecule has 2 aliphatic heterocycles. The van der Waals surface area contributed by atoms with Crippen LogP contribution < -0.4 is 21.2 Å². The molecule has 0 radical (unpaired) electrons. The summed E-state index contributed by atoms with van der Waals surface area (Å²) in [5, 5.41) is 20.1. The average molecular weight is 865 g/mol. The number of nitrogens with zero attached hydrogens (tertiary/aromatic N) is 8. The number of imide groups is 1. The molecule has 9 rings (SSSR count). The topological polar surface area (TPSA) is 173 Å². The molecular weight excluding hydrogens is 818 g/mol. The highest BCUT2D eigenvalue weighted by atomic mass is 19.2. The zero-order chi connectivity index (χ0) is 43.9. The predicted octanol–water partition coefficient (Wildman–Crippen LogP) is 5.16. The monoisotopic (exact) mass is 864 g/mol. The Morgan fingerprint density at radius 1 is 0.905 bits per heavy atom. The van der Waals surface area contributed by atoms with E-state index in [9.17, 15) is 37.5 Å². The molecule has 2 saturated heterocycles. The number of carbonyl (C=O) groups is 3. The van der Waals surface area contributed by atoms with E-state index >= 15 is 0 Å². The number of benzene rings is 3. The highest BCUT2D eigenvalue weighted by Crippen LogP contribution is 2.34. The van der Waals surface area contributed by atoms with Crippen molar-refractivity contribution < 1.29 is 32.7 Å².